The van der Waals surface area contributed by atoms with Crippen molar-refractivity contribution in [1.82, 2.24) is 0 Å². The first-order valence-electron chi connectivity index (χ1n) is 8.14. The number of carboxylic acid groups (broad SMARTS) is 1. The fourth-order valence-electron chi connectivity index (χ4n) is 3.35. The number of benzene rings is 2. The molecule has 2 aromatic carbocycles. The summed E-state index contributed by atoms with van der Waals surface area (Å²) in [5, 5.41) is 8.41. The molecule has 1 fully saturated rings. The summed E-state index contributed by atoms with van der Waals surface area (Å²) in [5.41, 5.74) is 6.92. The lowest BCUT2D eigenvalue weighted by atomic mass is 10.0. The summed E-state index contributed by atoms with van der Waals surface area (Å²) in [6, 6.07) is 13.7. The molecule has 0 aliphatic heterocycles. The van der Waals surface area contributed by atoms with Crippen LogP contribution in [0.5, 0.6) is 0 Å². The number of aliphatic carboxylic acids is 1. The molecule has 0 heterocycles. The molecule has 5 nitrogen and oxygen atoms in total. The molecule has 0 amide bonds. The molecule has 0 radical (unpaired) electrons. The Balaban J connectivity index is 2.03. The molecule has 0 saturated heterocycles. The van der Waals surface area contributed by atoms with E-state index >= 15 is 0 Å². The van der Waals surface area contributed by atoms with Crippen LogP contribution in [-0.4, -0.2) is 30.3 Å². The minimum Gasteiger partial charge on any atom is -0.480 e. The topological polar surface area (TPSA) is 97.5 Å². The summed E-state index contributed by atoms with van der Waals surface area (Å²) in [6.45, 7) is 3.87. The van der Waals surface area contributed by atoms with E-state index in [0.29, 0.717) is 5.56 Å². The predicted molar refractivity (Wildman–Crippen MR) is 95.3 cm³/mol. The zero-order valence-corrected chi connectivity index (χ0v) is 15.0. The van der Waals surface area contributed by atoms with E-state index in [2.05, 4.69) is 0 Å². The van der Waals surface area contributed by atoms with E-state index < -0.39 is 32.5 Å². The molecule has 0 unspecified atom stereocenters. The van der Waals surface area contributed by atoms with Gasteiger partial charge in [0.1, 0.15) is 10.8 Å². The normalized spacial score (nSPS) is 25.6. The molecule has 1 aliphatic carbocycles. The second-order valence-electron chi connectivity index (χ2n) is 6.59. The van der Waals surface area contributed by atoms with Crippen molar-refractivity contribution in [2.24, 2.45) is 5.73 Å². The van der Waals surface area contributed by atoms with Crippen LogP contribution in [0.3, 0.4) is 0 Å². The van der Waals surface area contributed by atoms with Gasteiger partial charge in [-0.2, -0.15) is 0 Å². The lowest BCUT2D eigenvalue weighted by Crippen LogP contribution is -2.39. The van der Waals surface area contributed by atoms with Gasteiger partial charge in [-0.05, 0) is 36.6 Å². The van der Waals surface area contributed by atoms with Crippen LogP contribution in [0.2, 0.25) is 0 Å². The Morgan fingerprint density at radius 2 is 1.68 bits per heavy atom. The first-order chi connectivity index (χ1) is 11.7. The third kappa shape index (κ3) is 2.75. The largest absolute Gasteiger partial charge is 0.480 e. The van der Waals surface area contributed by atoms with Gasteiger partial charge in [0.05, 0.1) is 4.90 Å². The van der Waals surface area contributed by atoms with Crippen LogP contribution in [0.1, 0.15) is 29.5 Å². The van der Waals surface area contributed by atoms with Crippen LogP contribution in [0, 0.1) is 6.92 Å². The zero-order chi connectivity index (χ0) is 18.4. The fourth-order valence-corrected chi connectivity index (χ4v) is 5.58. The highest BCUT2D eigenvalue weighted by Gasteiger charge is 2.74. The molecule has 0 aromatic heterocycles. The number of aryl methyl sites for hydroxylation is 2. The van der Waals surface area contributed by atoms with Crippen molar-refractivity contribution in [1.29, 1.82) is 0 Å². The summed E-state index contributed by atoms with van der Waals surface area (Å²) in [5.74, 6) is -2.06. The first kappa shape index (κ1) is 17.6. The minimum atomic E-state index is -3.85. The quantitative estimate of drug-likeness (QED) is 0.853. The molecular formula is C19H21NO4S. The van der Waals surface area contributed by atoms with E-state index in [1.807, 2.05) is 26.0 Å². The van der Waals surface area contributed by atoms with E-state index in [1.54, 1.807) is 24.3 Å². The molecule has 6 heteroatoms. The van der Waals surface area contributed by atoms with Crippen molar-refractivity contribution in [2.75, 3.05) is 0 Å². The van der Waals surface area contributed by atoms with Gasteiger partial charge in [0.25, 0.3) is 0 Å². The Labute approximate surface area is 147 Å². The van der Waals surface area contributed by atoms with Gasteiger partial charge in [0, 0.05) is 5.92 Å². The molecule has 2 aromatic rings. The van der Waals surface area contributed by atoms with E-state index in [4.69, 9.17) is 5.73 Å². The van der Waals surface area contributed by atoms with Gasteiger partial charge in [0.2, 0.25) is 0 Å². The third-order valence-corrected chi connectivity index (χ3v) is 7.24. The molecule has 25 heavy (non-hydrogen) atoms. The second kappa shape index (κ2) is 5.97. The molecule has 3 atom stereocenters. The highest BCUT2D eigenvalue weighted by atomic mass is 32.2. The minimum absolute atomic E-state index is 0.104. The maximum atomic E-state index is 13.0. The van der Waals surface area contributed by atoms with Gasteiger partial charge in [-0.1, -0.05) is 48.9 Å². The number of carbonyl (C=O) groups is 1. The summed E-state index contributed by atoms with van der Waals surface area (Å²) >= 11 is 0. The Bertz CT molecular complexity index is 903. The van der Waals surface area contributed by atoms with Crippen molar-refractivity contribution in [2.45, 2.75) is 41.9 Å². The first-order valence-corrected chi connectivity index (χ1v) is 9.69. The highest BCUT2D eigenvalue weighted by Crippen LogP contribution is 2.55. The molecule has 0 bridgehead atoms. The van der Waals surface area contributed by atoms with Crippen molar-refractivity contribution in [3.63, 3.8) is 0 Å². The molecule has 1 saturated carbocycles. The maximum absolute atomic E-state index is 13.0. The molecule has 0 spiro atoms. The Kier molecular flexibility index (Phi) is 4.21. The standard InChI is InChI=1S/C19H21NO4S/c1-3-13-6-8-14(9-7-13)16-17(19(16,20)18(21)22)25(23,24)15-10-4-12(2)5-11-15/h4-11,16-17H,3,20H2,1-2H3,(H,21,22)/t16-,17-,19-/m1/s1. The average molecular weight is 359 g/mol. The maximum Gasteiger partial charge on any atom is 0.325 e. The second-order valence-corrected chi connectivity index (χ2v) is 8.66. The van der Waals surface area contributed by atoms with Crippen LogP contribution in [-0.2, 0) is 21.1 Å². The molecule has 3 N–H and O–H groups in total. The number of carboxylic acids is 1. The summed E-state index contributed by atoms with van der Waals surface area (Å²) in [6.07, 6.45) is 0.850. The van der Waals surface area contributed by atoms with Gasteiger partial charge in [-0.25, -0.2) is 8.42 Å². The Morgan fingerprint density at radius 1 is 1.12 bits per heavy atom. The molecule has 3 rings (SSSR count). The molecule has 132 valence electrons. The van der Waals surface area contributed by atoms with Gasteiger partial charge in [0.15, 0.2) is 9.84 Å². The van der Waals surface area contributed by atoms with Crippen molar-refractivity contribution in [3.8, 4) is 0 Å². The highest BCUT2D eigenvalue weighted by molar-refractivity contribution is 7.92. The fraction of sp³-hybridized carbons (Fsp3) is 0.316. The van der Waals surface area contributed by atoms with Gasteiger partial charge in [-0.3, -0.25) is 4.79 Å². The van der Waals surface area contributed by atoms with E-state index in [9.17, 15) is 18.3 Å². The number of sulfone groups is 1. The molecular weight excluding hydrogens is 338 g/mol. The van der Waals surface area contributed by atoms with Crippen LogP contribution in [0.25, 0.3) is 0 Å². The average Bonchev–Trinajstić information content (AvgIpc) is 3.24. The number of rotatable bonds is 5. The van der Waals surface area contributed by atoms with Crippen LogP contribution in [0.15, 0.2) is 53.4 Å². The Hall–Kier alpha value is -2.18. The Morgan fingerprint density at radius 3 is 2.16 bits per heavy atom. The summed E-state index contributed by atoms with van der Waals surface area (Å²) < 4.78 is 26.0. The number of hydrogen-bond acceptors (Lipinski definition) is 4. The summed E-state index contributed by atoms with van der Waals surface area (Å²) in [7, 11) is -3.85. The molecule has 1 aliphatic rings. The predicted octanol–water partition coefficient (Wildman–Crippen LogP) is 2.28. The van der Waals surface area contributed by atoms with Crippen LogP contribution >= 0.6 is 0 Å². The van der Waals surface area contributed by atoms with Gasteiger partial charge < -0.3 is 10.8 Å². The summed E-state index contributed by atoms with van der Waals surface area (Å²) in [4.78, 5) is 11.8. The lowest BCUT2D eigenvalue weighted by molar-refractivity contribution is -0.139. The van der Waals surface area contributed by atoms with E-state index in [1.165, 1.54) is 12.1 Å². The van der Waals surface area contributed by atoms with Crippen molar-refractivity contribution >= 4 is 15.8 Å². The zero-order valence-electron chi connectivity index (χ0n) is 14.1. The smallest absolute Gasteiger partial charge is 0.325 e. The van der Waals surface area contributed by atoms with Gasteiger partial charge >= 0.3 is 5.97 Å². The van der Waals surface area contributed by atoms with Crippen LogP contribution in [0.4, 0.5) is 0 Å². The number of nitrogens with two attached hydrogens (primary N) is 1. The van der Waals surface area contributed by atoms with Crippen molar-refractivity contribution < 1.29 is 18.3 Å². The number of hydrogen-bond donors (Lipinski definition) is 2. The monoisotopic (exact) mass is 359 g/mol. The lowest BCUT2D eigenvalue weighted by Gasteiger charge is -2.07. The third-order valence-electron chi connectivity index (χ3n) is 4.98. The SMILES string of the molecule is CCc1ccc([C@@H]2[C@@H](S(=O)(=O)c3ccc(C)cc3)[C@@]2(N)C(=O)O)cc1. The van der Waals surface area contributed by atoms with Gasteiger partial charge in [-0.15, -0.1) is 0 Å². The van der Waals surface area contributed by atoms with E-state index in [-0.39, 0.29) is 4.90 Å². The van der Waals surface area contributed by atoms with Crippen LogP contribution < -0.4 is 5.73 Å². The van der Waals surface area contributed by atoms with E-state index in [0.717, 1.165) is 17.5 Å². The van der Waals surface area contributed by atoms with Crippen molar-refractivity contribution in [3.05, 3.63) is 65.2 Å².